The van der Waals surface area contributed by atoms with E-state index in [-0.39, 0.29) is 11.7 Å². The van der Waals surface area contributed by atoms with Gasteiger partial charge in [-0.3, -0.25) is 4.79 Å². The molecule has 1 fully saturated rings. The minimum absolute atomic E-state index is 0.0728. The Morgan fingerprint density at radius 3 is 2.57 bits per heavy atom. The van der Waals surface area contributed by atoms with Crippen molar-refractivity contribution in [2.45, 2.75) is 50.4 Å². The lowest BCUT2D eigenvalue weighted by Gasteiger charge is -2.13. The lowest BCUT2D eigenvalue weighted by atomic mass is 10.2. The molecule has 156 valence electrons. The number of carbonyl (C=O) groups excluding carboxylic acids is 1. The number of ether oxygens (including phenoxy) is 1. The van der Waals surface area contributed by atoms with Gasteiger partial charge in [-0.25, -0.2) is 0 Å². The Bertz CT molecular complexity index is 967. The molecule has 0 saturated heterocycles. The maximum atomic E-state index is 12.4. The minimum atomic E-state index is -0.0728. The maximum Gasteiger partial charge on any atom is 0.234 e. The molecule has 0 radical (unpaired) electrons. The van der Waals surface area contributed by atoms with Crippen LogP contribution in [0.4, 0.5) is 5.69 Å². The van der Waals surface area contributed by atoms with Crippen molar-refractivity contribution >= 4 is 23.4 Å². The highest BCUT2D eigenvalue weighted by molar-refractivity contribution is 7.99. The zero-order valence-electron chi connectivity index (χ0n) is 17.1. The van der Waals surface area contributed by atoms with Crippen LogP contribution in [0.25, 0.3) is 0 Å². The lowest BCUT2D eigenvalue weighted by molar-refractivity contribution is -0.113. The predicted molar refractivity (Wildman–Crippen MR) is 119 cm³/mol. The van der Waals surface area contributed by atoms with Gasteiger partial charge in [-0.15, -0.1) is 10.2 Å². The van der Waals surface area contributed by atoms with Crippen molar-refractivity contribution in [1.82, 2.24) is 14.8 Å². The van der Waals surface area contributed by atoms with Crippen molar-refractivity contribution in [3.05, 3.63) is 66.0 Å². The summed E-state index contributed by atoms with van der Waals surface area (Å²) in [5.74, 6) is 1.89. The van der Waals surface area contributed by atoms with Crippen molar-refractivity contribution in [3.8, 4) is 5.75 Å². The summed E-state index contributed by atoms with van der Waals surface area (Å²) in [5.41, 5.74) is 1.94. The lowest BCUT2D eigenvalue weighted by Crippen LogP contribution is -2.15. The number of aryl methyl sites for hydroxylation is 1. The molecule has 4 rings (SSSR count). The van der Waals surface area contributed by atoms with Crippen LogP contribution in [-0.2, 0) is 11.3 Å². The van der Waals surface area contributed by atoms with E-state index >= 15 is 0 Å². The number of nitrogens with one attached hydrogen (secondary N) is 1. The molecule has 0 bridgehead atoms. The van der Waals surface area contributed by atoms with Crippen LogP contribution in [0, 0.1) is 6.92 Å². The Kier molecular flexibility index (Phi) is 6.69. The van der Waals surface area contributed by atoms with Crippen molar-refractivity contribution in [1.29, 1.82) is 0 Å². The molecule has 1 saturated carbocycles. The molecule has 1 heterocycles. The summed E-state index contributed by atoms with van der Waals surface area (Å²) in [6.07, 6.45) is 5.08. The standard InChI is InChI=1S/C23H26N4O2S/c1-17-25-26-23(27(17)15-18-7-3-2-4-8-18)30-16-22(28)24-19-11-13-21(14-12-19)29-20-9-5-6-10-20/h2-4,7-8,11-14,20H,5-6,9-10,15-16H2,1H3,(H,24,28). The average molecular weight is 423 g/mol. The average Bonchev–Trinajstić information content (AvgIpc) is 3.39. The van der Waals surface area contributed by atoms with Gasteiger partial charge < -0.3 is 14.6 Å². The summed E-state index contributed by atoms with van der Waals surface area (Å²) < 4.78 is 8.00. The summed E-state index contributed by atoms with van der Waals surface area (Å²) in [6, 6.07) is 17.8. The Morgan fingerprint density at radius 2 is 1.83 bits per heavy atom. The van der Waals surface area contributed by atoms with Gasteiger partial charge in [0.25, 0.3) is 0 Å². The number of amides is 1. The first kappa shape index (κ1) is 20.5. The van der Waals surface area contributed by atoms with Crippen molar-refractivity contribution in [2.24, 2.45) is 0 Å². The first-order chi connectivity index (χ1) is 14.7. The fraction of sp³-hybridized carbons (Fsp3) is 0.348. The quantitative estimate of drug-likeness (QED) is 0.534. The summed E-state index contributed by atoms with van der Waals surface area (Å²) in [7, 11) is 0. The van der Waals surface area contributed by atoms with Crippen LogP contribution in [0.3, 0.4) is 0 Å². The van der Waals surface area contributed by atoms with E-state index in [0.717, 1.165) is 35.3 Å². The molecule has 0 aliphatic heterocycles. The number of hydrogen-bond donors (Lipinski definition) is 1. The fourth-order valence-corrected chi connectivity index (χ4v) is 4.34. The van der Waals surface area contributed by atoms with E-state index in [1.165, 1.54) is 30.2 Å². The molecule has 1 amide bonds. The monoisotopic (exact) mass is 422 g/mol. The molecule has 1 aromatic heterocycles. The normalized spacial score (nSPS) is 14.0. The van der Waals surface area contributed by atoms with Crippen LogP contribution in [0.1, 0.15) is 37.1 Å². The largest absolute Gasteiger partial charge is 0.490 e. The first-order valence-electron chi connectivity index (χ1n) is 10.3. The van der Waals surface area contributed by atoms with Gasteiger partial charge in [0.15, 0.2) is 5.16 Å². The van der Waals surface area contributed by atoms with Crippen LogP contribution in [0.15, 0.2) is 59.8 Å². The Morgan fingerprint density at radius 1 is 1.10 bits per heavy atom. The highest BCUT2D eigenvalue weighted by Crippen LogP contribution is 2.25. The van der Waals surface area contributed by atoms with E-state index in [2.05, 4.69) is 27.6 Å². The molecule has 0 atom stereocenters. The van der Waals surface area contributed by atoms with Crippen molar-refractivity contribution < 1.29 is 9.53 Å². The first-order valence-corrected chi connectivity index (χ1v) is 11.3. The third-order valence-electron chi connectivity index (χ3n) is 5.16. The van der Waals surface area contributed by atoms with Gasteiger partial charge in [0.2, 0.25) is 5.91 Å². The van der Waals surface area contributed by atoms with Crippen LogP contribution in [0.5, 0.6) is 5.75 Å². The van der Waals surface area contributed by atoms with Gasteiger partial charge in [0.05, 0.1) is 18.4 Å². The third-order valence-corrected chi connectivity index (χ3v) is 6.13. The number of hydrogen-bond acceptors (Lipinski definition) is 5. The maximum absolute atomic E-state index is 12.4. The summed E-state index contributed by atoms with van der Waals surface area (Å²) in [5, 5.41) is 12.1. The molecular weight excluding hydrogens is 396 g/mol. The summed E-state index contributed by atoms with van der Waals surface area (Å²) in [6.45, 7) is 2.61. The van der Waals surface area contributed by atoms with Gasteiger partial charge in [-0.2, -0.15) is 0 Å². The van der Waals surface area contributed by atoms with E-state index in [1.807, 2.05) is 54.0 Å². The van der Waals surface area contributed by atoms with Gasteiger partial charge in [-0.1, -0.05) is 42.1 Å². The van der Waals surface area contributed by atoms with Crippen LogP contribution >= 0.6 is 11.8 Å². The molecule has 0 unspecified atom stereocenters. The van der Waals surface area contributed by atoms with Crippen LogP contribution in [-0.4, -0.2) is 32.5 Å². The van der Waals surface area contributed by atoms with Gasteiger partial charge in [0, 0.05) is 5.69 Å². The Balaban J connectivity index is 1.30. The Hall–Kier alpha value is -2.80. The van der Waals surface area contributed by atoms with E-state index in [0.29, 0.717) is 12.6 Å². The molecule has 1 aliphatic rings. The SMILES string of the molecule is Cc1nnc(SCC(=O)Nc2ccc(OC3CCCC3)cc2)n1Cc1ccccc1. The van der Waals surface area contributed by atoms with Crippen molar-refractivity contribution in [3.63, 3.8) is 0 Å². The number of carbonyl (C=O) groups is 1. The molecule has 1 aliphatic carbocycles. The molecule has 30 heavy (non-hydrogen) atoms. The zero-order chi connectivity index (χ0) is 20.8. The number of nitrogens with zero attached hydrogens (tertiary/aromatic N) is 3. The molecule has 3 aromatic rings. The summed E-state index contributed by atoms with van der Waals surface area (Å²) >= 11 is 1.39. The van der Waals surface area contributed by atoms with E-state index < -0.39 is 0 Å². The Labute approximate surface area is 181 Å². The zero-order valence-corrected chi connectivity index (χ0v) is 17.9. The van der Waals surface area contributed by atoms with Gasteiger partial charge in [0.1, 0.15) is 11.6 Å². The molecule has 1 N–H and O–H groups in total. The fourth-order valence-electron chi connectivity index (χ4n) is 3.56. The van der Waals surface area contributed by atoms with Crippen LogP contribution in [0.2, 0.25) is 0 Å². The molecular formula is C23H26N4O2S. The van der Waals surface area contributed by atoms with Crippen LogP contribution < -0.4 is 10.1 Å². The number of thioether (sulfide) groups is 1. The van der Waals surface area contributed by atoms with Crippen molar-refractivity contribution in [2.75, 3.05) is 11.1 Å². The number of anilines is 1. The molecule has 7 heteroatoms. The second kappa shape index (κ2) is 9.80. The van der Waals surface area contributed by atoms with E-state index in [1.54, 1.807) is 0 Å². The highest BCUT2D eigenvalue weighted by atomic mass is 32.2. The predicted octanol–water partition coefficient (Wildman–Crippen LogP) is 4.69. The summed E-state index contributed by atoms with van der Waals surface area (Å²) in [4.78, 5) is 12.4. The van der Waals surface area contributed by atoms with Gasteiger partial charge in [-0.05, 0) is 62.4 Å². The number of rotatable bonds is 8. The van der Waals surface area contributed by atoms with E-state index in [9.17, 15) is 4.79 Å². The molecule has 6 nitrogen and oxygen atoms in total. The van der Waals surface area contributed by atoms with Gasteiger partial charge >= 0.3 is 0 Å². The topological polar surface area (TPSA) is 69.0 Å². The minimum Gasteiger partial charge on any atom is -0.490 e. The number of aromatic nitrogens is 3. The number of benzene rings is 2. The second-order valence-corrected chi connectivity index (χ2v) is 8.43. The molecule has 0 spiro atoms. The second-order valence-electron chi connectivity index (χ2n) is 7.49. The third kappa shape index (κ3) is 5.42. The highest BCUT2D eigenvalue weighted by Gasteiger charge is 2.16. The van der Waals surface area contributed by atoms with E-state index in [4.69, 9.17) is 4.74 Å². The smallest absolute Gasteiger partial charge is 0.234 e. The molecule has 2 aromatic carbocycles.